The monoisotopic (exact) mass is 406 g/mol. The average molecular weight is 407 g/mol. The second-order valence-corrected chi connectivity index (χ2v) is 6.95. The predicted molar refractivity (Wildman–Crippen MR) is 103 cm³/mol. The molecular formula is C19H20ClFN4O3. The van der Waals surface area contributed by atoms with E-state index in [2.05, 4.69) is 10.6 Å². The molecular weight excluding hydrogens is 387 g/mol. The van der Waals surface area contributed by atoms with Crippen molar-refractivity contribution in [1.29, 1.82) is 5.26 Å². The van der Waals surface area contributed by atoms with Crippen LogP contribution in [0.25, 0.3) is 0 Å². The fourth-order valence-electron chi connectivity index (χ4n) is 2.70. The number of nitrogens with one attached hydrogen (secondary N) is 2. The van der Waals surface area contributed by atoms with Gasteiger partial charge in [0.25, 0.3) is 5.91 Å². The highest BCUT2D eigenvalue weighted by atomic mass is 35.5. The van der Waals surface area contributed by atoms with Crippen molar-refractivity contribution < 1.29 is 18.8 Å². The number of carbonyl (C=O) groups is 3. The van der Waals surface area contributed by atoms with Gasteiger partial charge in [-0.3, -0.25) is 14.4 Å². The third-order valence-corrected chi connectivity index (χ3v) is 4.53. The zero-order valence-electron chi connectivity index (χ0n) is 15.7. The van der Waals surface area contributed by atoms with Gasteiger partial charge in [-0.05, 0) is 32.9 Å². The third-order valence-electron chi connectivity index (χ3n) is 4.22. The Morgan fingerprint density at radius 2 is 2.07 bits per heavy atom. The van der Waals surface area contributed by atoms with E-state index in [-0.39, 0.29) is 41.7 Å². The maximum Gasteiger partial charge on any atom is 0.261 e. The molecule has 1 unspecified atom stereocenters. The molecule has 3 amide bonds. The number of nitriles is 1. The van der Waals surface area contributed by atoms with Crippen molar-refractivity contribution in [3.63, 3.8) is 0 Å². The van der Waals surface area contributed by atoms with Crippen molar-refractivity contribution >= 4 is 40.7 Å². The van der Waals surface area contributed by atoms with Gasteiger partial charge in [0, 0.05) is 12.1 Å². The first-order valence-corrected chi connectivity index (χ1v) is 8.99. The summed E-state index contributed by atoms with van der Waals surface area (Å²) in [6.07, 6.45) is 0.0789. The first-order chi connectivity index (χ1) is 13.2. The minimum atomic E-state index is -0.821. The van der Waals surface area contributed by atoms with E-state index < -0.39 is 23.7 Å². The van der Waals surface area contributed by atoms with Gasteiger partial charge in [0.15, 0.2) is 0 Å². The highest BCUT2D eigenvalue weighted by molar-refractivity contribution is 6.34. The number of hydrogen-bond donors (Lipinski definition) is 2. The van der Waals surface area contributed by atoms with Gasteiger partial charge in [0.2, 0.25) is 11.8 Å². The maximum atomic E-state index is 14.5. The molecule has 0 spiro atoms. The van der Waals surface area contributed by atoms with Crippen molar-refractivity contribution in [2.45, 2.75) is 39.7 Å². The Labute approximate surface area is 167 Å². The van der Waals surface area contributed by atoms with E-state index in [9.17, 15) is 18.8 Å². The molecule has 1 saturated heterocycles. The lowest BCUT2D eigenvalue weighted by Gasteiger charge is -2.20. The van der Waals surface area contributed by atoms with Crippen LogP contribution in [-0.4, -0.2) is 30.3 Å². The topological polar surface area (TPSA) is 102 Å². The smallest absolute Gasteiger partial charge is 0.261 e. The molecule has 0 aromatic heterocycles. The number of imide groups is 1. The molecule has 2 N–H and O–H groups in total. The molecule has 1 aliphatic heterocycles. The molecule has 0 saturated carbocycles. The van der Waals surface area contributed by atoms with Crippen LogP contribution in [0.5, 0.6) is 0 Å². The lowest BCUT2D eigenvalue weighted by atomic mass is 10.1. The number of nitrogens with zero attached hydrogens (tertiary/aromatic N) is 2. The summed E-state index contributed by atoms with van der Waals surface area (Å²) >= 11 is 6.06. The maximum absolute atomic E-state index is 14.5. The van der Waals surface area contributed by atoms with Crippen molar-refractivity contribution in [3.05, 3.63) is 34.1 Å². The summed E-state index contributed by atoms with van der Waals surface area (Å²) in [6.45, 7) is 5.18. The highest BCUT2D eigenvalue weighted by Crippen LogP contribution is 2.35. The fourth-order valence-corrected chi connectivity index (χ4v) is 2.91. The molecule has 2 rings (SSSR count). The number of rotatable bonds is 6. The van der Waals surface area contributed by atoms with Gasteiger partial charge in [0.05, 0.1) is 35.3 Å². The standard InChI is InChI=1S/C19H20ClFN4O3/c1-10(2)12-7-17(26)25(19(12)28)16-9-15(13(20)8-14(16)21)24-11(3)18(27)23-6-4-5-22/h8-9,11,24H,4,6-7H2,1-3H3,(H,23,27). The molecule has 28 heavy (non-hydrogen) atoms. The quantitative estimate of drug-likeness (QED) is 0.429. The molecule has 1 aliphatic rings. The fraction of sp³-hybridized carbons (Fsp3) is 0.368. The van der Waals surface area contributed by atoms with Gasteiger partial charge in [-0.2, -0.15) is 5.26 Å². The Morgan fingerprint density at radius 1 is 1.39 bits per heavy atom. The molecule has 1 atom stereocenters. The average Bonchev–Trinajstić information content (AvgIpc) is 2.92. The van der Waals surface area contributed by atoms with E-state index in [1.54, 1.807) is 20.8 Å². The number of benzene rings is 1. The van der Waals surface area contributed by atoms with Crippen LogP contribution in [0.15, 0.2) is 23.3 Å². The minimum Gasteiger partial charge on any atom is -0.373 e. The zero-order chi connectivity index (χ0) is 21.0. The van der Waals surface area contributed by atoms with Crippen LogP contribution in [0.1, 0.15) is 33.6 Å². The van der Waals surface area contributed by atoms with Crippen molar-refractivity contribution in [2.75, 3.05) is 16.8 Å². The Morgan fingerprint density at radius 3 is 2.64 bits per heavy atom. The number of carbonyl (C=O) groups excluding carboxylic acids is 3. The summed E-state index contributed by atoms with van der Waals surface area (Å²) in [5, 5.41) is 13.9. The molecule has 0 radical (unpaired) electrons. The Hall–Kier alpha value is -2.92. The van der Waals surface area contributed by atoms with Gasteiger partial charge in [0.1, 0.15) is 11.9 Å². The van der Waals surface area contributed by atoms with Crippen LogP contribution >= 0.6 is 11.6 Å². The van der Waals surface area contributed by atoms with Crippen molar-refractivity contribution in [3.8, 4) is 6.07 Å². The zero-order valence-corrected chi connectivity index (χ0v) is 16.5. The van der Waals surface area contributed by atoms with Gasteiger partial charge < -0.3 is 10.6 Å². The molecule has 7 nitrogen and oxygen atoms in total. The summed E-state index contributed by atoms with van der Waals surface area (Å²) in [6, 6.07) is 3.39. The van der Waals surface area contributed by atoms with Crippen LogP contribution in [0.3, 0.4) is 0 Å². The molecule has 0 bridgehead atoms. The summed E-state index contributed by atoms with van der Waals surface area (Å²) in [7, 11) is 0. The van der Waals surface area contributed by atoms with Crippen LogP contribution in [-0.2, 0) is 14.4 Å². The summed E-state index contributed by atoms with van der Waals surface area (Å²) in [5.74, 6) is -2.30. The van der Waals surface area contributed by atoms with Gasteiger partial charge in [-0.15, -0.1) is 0 Å². The van der Waals surface area contributed by atoms with Crippen LogP contribution < -0.4 is 15.5 Å². The highest BCUT2D eigenvalue weighted by Gasteiger charge is 2.37. The minimum absolute atomic E-state index is 0.000502. The lowest BCUT2D eigenvalue weighted by Crippen LogP contribution is -2.38. The number of anilines is 2. The number of halogens is 2. The molecule has 148 valence electrons. The van der Waals surface area contributed by atoms with Crippen LogP contribution in [0.4, 0.5) is 15.8 Å². The Balaban J connectivity index is 2.29. The molecule has 0 aliphatic carbocycles. The van der Waals surface area contributed by atoms with E-state index in [0.717, 1.165) is 11.0 Å². The summed E-state index contributed by atoms with van der Waals surface area (Å²) in [5.41, 5.74) is 0.998. The number of allylic oxidation sites excluding steroid dienone is 1. The predicted octanol–water partition coefficient (Wildman–Crippen LogP) is 2.91. The second-order valence-electron chi connectivity index (χ2n) is 6.54. The van der Waals surface area contributed by atoms with E-state index in [1.807, 2.05) is 6.07 Å². The van der Waals surface area contributed by atoms with E-state index in [1.165, 1.54) is 6.07 Å². The molecule has 1 heterocycles. The Bertz CT molecular complexity index is 903. The normalized spacial score (nSPS) is 14.7. The molecule has 1 aromatic rings. The van der Waals surface area contributed by atoms with E-state index in [4.69, 9.17) is 16.9 Å². The Kier molecular flexibility index (Phi) is 6.75. The number of hydrogen-bond acceptors (Lipinski definition) is 5. The molecule has 1 fully saturated rings. The lowest BCUT2D eigenvalue weighted by molar-refractivity contribution is -0.122. The third kappa shape index (κ3) is 4.49. The SMILES string of the molecule is CC(C)=C1CC(=O)N(c2cc(NC(C)C(=O)NCCC#N)c(Cl)cc2F)C1=O. The second kappa shape index (κ2) is 8.85. The molecule has 1 aromatic carbocycles. The first kappa shape index (κ1) is 21.4. The van der Waals surface area contributed by atoms with Gasteiger partial charge in [-0.1, -0.05) is 17.2 Å². The first-order valence-electron chi connectivity index (χ1n) is 8.61. The summed E-state index contributed by atoms with van der Waals surface area (Å²) < 4.78 is 14.5. The van der Waals surface area contributed by atoms with Gasteiger partial charge in [-0.25, -0.2) is 9.29 Å². The van der Waals surface area contributed by atoms with E-state index >= 15 is 0 Å². The van der Waals surface area contributed by atoms with Crippen molar-refractivity contribution in [1.82, 2.24) is 5.32 Å². The molecule has 9 heteroatoms. The largest absolute Gasteiger partial charge is 0.373 e. The number of amides is 3. The van der Waals surface area contributed by atoms with Gasteiger partial charge >= 0.3 is 0 Å². The van der Waals surface area contributed by atoms with E-state index in [0.29, 0.717) is 11.1 Å². The van der Waals surface area contributed by atoms with Crippen LogP contribution in [0.2, 0.25) is 5.02 Å². The summed E-state index contributed by atoms with van der Waals surface area (Å²) in [4.78, 5) is 37.6. The van der Waals surface area contributed by atoms with Crippen molar-refractivity contribution in [2.24, 2.45) is 0 Å². The van der Waals surface area contributed by atoms with Crippen LogP contribution in [0, 0.1) is 17.1 Å².